The Morgan fingerprint density at radius 1 is 1.32 bits per heavy atom. The zero-order valence-electron chi connectivity index (χ0n) is 15.2. The number of likely N-dealkylation sites (tertiary alicyclic amines) is 1. The van der Waals surface area contributed by atoms with E-state index in [9.17, 15) is 9.59 Å². The summed E-state index contributed by atoms with van der Waals surface area (Å²) in [5, 5.41) is 2.85. The Morgan fingerprint density at radius 2 is 2.08 bits per heavy atom. The quantitative estimate of drug-likeness (QED) is 0.823. The molecular weight excluding hydrogens is 318 g/mol. The van der Waals surface area contributed by atoms with Crippen LogP contribution in [0.15, 0.2) is 30.3 Å². The summed E-state index contributed by atoms with van der Waals surface area (Å²) >= 11 is 0. The van der Waals surface area contributed by atoms with Crippen molar-refractivity contribution in [1.82, 2.24) is 15.1 Å². The molecule has 0 aliphatic carbocycles. The number of piperidine rings is 1. The summed E-state index contributed by atoms with van der Waals surface area (Å²) in [5.41, 5.74) is 1.10. The third-order valence-electron chi connectivity index (χ3n) is 4.37. The van der Waals surface area contributed by atoms with Crippen LogP contribution in [-0.2, 0) is 16.1 Å². The highest BCUT2D eigenvalue weighted by Crippen LogP contribution is 2.13. The minimum atomic E-state index is -0.108. The largest absolute Gasteiger partial charge is 0.377 e. The van der Waals surface area contributed by atoms with Crippen LogP contribution < -0.4 is 5.32 Å². The van der Waals surface area contributed by atoms with Gasteiger partial charge in [0.15, 0.2) is 0 Å². The molecule has 0 saturated carbocycles. The van der Waals surface area contributed by atoms with Crippen LogP contribution in [0.3, 0.4) is 0 Å². The number of carbonyl (C=O) groups excluding carboxylic acids is 2. The van der Waals surface area contributed by atoms with Gasteiger partial charge >= 0.3 is 6.03 Å². The van der Waals surface area contributed by atoms with Gasteiger partial charge in [-0.3, -0.25) is 4.79 Å². The summed E-state index contributed by atoms with van der Waals surface area (Å²) in [6.07, 6.45) is 2.39. The Kier molecular flexibility index (Phi) is 7.73. The molecule has 0 unspecified atom stereocenters. The minimum Gasteiger partial charge on any atom is -0.377 e. The van der Waals surface area contributed by atoms with Crippen molar-refractivity contribution in [1.29, 1.82) is 0 Å². The first-order chi connectivity index (χ1) is 12.1. The molecule has 1 aliphatic rings. The molecule has 3 amide bonds. The molecule has 0 aromatic heterocycles. The van der Waals surface area contributed by atoms with E-state index in [1.807, 2.05) is 37.3 Å². The monoisotopic (exact) mass is 347 g/mol. The maximum Gasteiger partial charge on any atom is 0.317 e. The molecule has 1 atom stereocenters. The highest BCUT2D eigenvalue weighted by Gasteiger charge is 2.23. The maximum atomic E-state index is 12.2. The van der Waals surface area contributed by atoms with Gasteiger partial charge in [-0.2, -0.15) is 0 Å². The standard InChI is InChI=1S/C19H29N3O3/c1-3-25-17-10-7-13-22(15-17)19(24)20-12-11-18(23)21(2)14-16-8-5-4-6-9-16/h4-6,8-9,17H,3,7,10-15H2,1-2H3,(H,20,24)/t17-/m1/s1. The van der Waals surface area contributed by atoms with Gasteiger partial charge in [0, 0.05) is 46.3 Å². The van der Waals surface area contributed by atoms with Crippen molar-refractivity contribution < 1.29 is 14.3 Å². The SMILES string of the molecule is CCO[C@@H]1CCCN(C(=O)NCCC(=O)N(C)Cc2ccccc2)C1. The lowest BCUT2D eigenvalue weighted by Gasteiger charge is -2.32. The van der Waals surface area contributed by atoms with Crippen molar-refractivity contribution in [2.45, 2.75) is 38.8 Å². The van der Waals surface area contributed by atoms with Gasteiger partial charge in [-0.25, -0.2) is 4.79 Å². The Hall–Kier alpha value is -2.08. The Labute approximate surface area is 150 Å². The summed E-state index contributed by atoms with van der Waals surface area (Å²) in [6, 6.07) is 9.76. The predicted octanol–water partition coefficient (Wildman–Crippen LogP) is 2.25. The fourth-order valence-corrected chi connectivity index (χ4v) is 3.02. The van der Waals surface area contributed by atoms with E-state index in [2.05, 4.69) is 5.32 Å². The van der Waals surface area contributed by atoms with Gasteiger partial charge in [-0.05, 0) is 25.3 Å². The molecule has 1 aromatic rings. The first-order valence-electron chi connectivity index (χ1n) is 9.02. The number of amides is 3. The third kappa shape index (κ3) is 6.38. The summed E-state index contributed by atoms with van der Waals surface area (Å²) in [6.45, 7) is 4.94. The van der Waals surface area contributed by atoms with Crippen molar-refractivity contribution in [3.8, 4) is 0 Å². The normalized spacial score (nSPS) is 17.2. The average Bonchev–Trinajstić information content (AvgIpc) is 2.63. The van der Waals surface area contributed by atoms with Crippen LogP contribution in [0.2, 0.25) is 0 Å². The number of hydrogen-bond acceptors (Lipinski definition) is 3. The second-order valence-electron chi connectivity index (χ2n) is 6.38. The van der Waals surface area contributed by atoms with Crippen molar-refractivity contribution >= 4 is 11.9 Å². The molecule has 1 heterocycles. The number of hydrogen-bond donors (Lipinski definition) is 1. The van der Waals surface area contributed by atoms with E-state index in [0.717, 1.165) is 24.9 Å². The molecule has 1 saturated heterocycles. The van der Waals surface area contributed by atoms with E-state index in [4.69, 9.17) is 4.74 Å². The number of ether oxygens (including phenoxy) is 1. The molecule has 0 radical (unpaired) electrons. The fraction of sp³-hybridized carbons (Fsp3) is 0.579. The Bertz CT molecular complexity index is 548. The molecule has 25 heavy (non-hydrogen) atoms. The van der Waals surface area contributed by atoms with Crippen LogP contribution in [0.4, 0.5) is 4.79 Å². The molecule has 2 rings (SSSR count). The molecular formula is C19H29N3O3. The topological polar surface area (TPSA) is 61.9 Å². The van der Waals surface area contributed by atoms with Crippen LogP contribution in [0, 0.1) is 0 Å². The van der Waals surface area contributed by atoms with E-state index < -0.39 is 0 Å². The summed E-state index contributed by atoms with van der Waals surface area (Å²) < 4.78 is 5.61. The highest BCUT2D eigenvalue weighted by molar-refractivity contribution is 5.78. The van der Waals surface area contributed by atoms with Gasteiger partial charge in [0.1, 0.15) is 0 Å². The molecule has 6 heteroatoms. The zero-order chi connectivity index (χ0) is 18.1. The molecule has 0 spiro atoms. The number of carbonyl (C=O) groups is 2. The summed E-state index contributed by atoms with van der Waals surface area (Å²) in [7, 11) is 1.79. The van der Waals surface area contributed by atoms with Crippen LogP contribution >= 0.6 is 0 Å². The zero-order valence-corrected chi connectivity index (χ0v) is 15.2. The van der Waals surface area contributed by atoms with Gasteiger partial charge < -0.3 is 19.9 Å². The Balaban J connectivity index is 1.68. The predicted molar refractivity (Wildman–Crippen MR) is 97.2 cm³/mol. The van der Waals surface area contributed by atoms with E-state index in [1.54, 1.807) is 16.8 Å². The number of nitrogens with zero attached hydrogens (tertiary/aromatic N) is 2. The van der Waals surface area contributed by atoms with Gasteiger partial charge in [-0.1, -0.05) is 30.3 Å². The van der Waals surface area contributed by atoms with E-state index in [1.165, 1.54) is 0 Å². The average molecular weight is 347 g/mol. The van der Waals surface area contributed by atoms with Gasteiger partial charge in [0.05, 0.1) is 6.10 Å². The lowest BCUT2D eigenvalue weighted by Crippen LogP contribution is -2.48. The summed E-state index contributed by atoms with van der Waals surface area (Å²) in [4.78, 5) is 27.9. The van der Waals surface area contributed by atoms with Crippen molar-refractivity contribution in [3.05, 3.63) is 35.9 Å². The molecule has 6 nitrogen and oxygen atoms in total. The lowest BCUT2D eigenvalue weighted by molar-refractivity contribution is -0.130. The van der Waals surface area contributed by atoms with Crippen LogP contribution in [-0.4, -0.2) is 61.1 Å². The van der Waals surface area contributed by atoms with Crippen LogP contribution in [0.5, 0.6) is 0 Å². The van der Waals surface area contributed by atoms with E-state index in [-0.39, 0.29) is 18.0 Å². The second-order valence-corrected chi connectivity index (χ2v) is 6.38. The lowest BCUT2D eigenvalue weighted by atomic mass is 10.1. The van der Waals surface area contributed by atoms with Gasteiger partial charge in [0.2, 0.25) is 5.91 Å². The molecule has 1 aliphatic heterocycles. The fourth-order valence-electron chi connectivity index (χ4n) is 3.02. The van der Waals surface area contributed by atoms with Crippen LogP contribution in [0.1, 0.15) is 31.7 Å². The molecule has 1 aromatic carbocycles. The minimum absolute atomic E-state index is 0.0231. The molecule has 1 fully saturated rings. The summed E-state index contributed by atoms with van der Waals surface area (Å²) in [5.74, 6) is 0.0231. The third-order valence-corrected chi connectivity index (χ3v) is 4.37. The number of benzene rings is 1. The van der Waals surface area contributed by atoms with Crippen molar-refractivity contribution in [2.24, 2.45) is 0 Å². The molecule has 138 valence electrons. The highest BCUT2D eigenvalue weighted by atomic mass is 16.5. The Morgan fingerprint density at radius 3 is 2.80 bits per heavy atom. The van der Waals surface area contributed by atoms with Crippen LogP contribution in [0.25, 0.3) is 0 Å². The number of rotatable bonds is 7. The first kappa shape index (κ1) is 19.2. The maximum absolute atomic E-state index is 12.2. The number of nitrogens with one attached hydrogen (secondary N) is 1. The van der Waals surface area contributed by atoms with Crippen molar-refractivity contribution in [2.75, 3.05) is 33.3 Å². The smallest absolute Gasteiger partial charge is 0.317 e. The first-order valence-corrected chi connectivity index (χ1v) is 9.02. The van der Waals surface area contributed by atoms with Gasteiger partial charge in [0.25, 0.3) is 0 Å². The van der Waals surface area contributed by atoms with Gasteiger partial charge in [-0.15, -0.1) is 0 Å². The van der Waals surface area contributed by atoms with E-state index >= 15 is 0 Å². The molecule has 0 bridgehead atoms. The van der Waals surface area contributed by atoms with Crippen molar-refractivity contribution in [3.63, 3.8) is 0 Å². The van der Waals surface area contributed by atoms with E-state index in [0.29, 0.717) is 32.7 Å². The second kappa shape index (κ2) is 10.0. The number of urea groups is 1. The molecule has 1 N–H and O–H groups in total.